The second-order valence-corrected chi connectivity index (χ2v) is 6.38. The van der Waals surface area contributed by atoms with Gasteiger partial charge in [-0.15, -0.1) is 0 Å². The molecule has 0 spiro atoms. The zero-order chi connectivity index (χ0) is 13.2. The van der Waals surface area contributed by atoms with Gasteiger partial charge in [-0.05, 0) is 60.2 Å². The van der Waals surface area contributed by atoms with Crippen LogP contribution in [0.3, 0.4) is 0 Å². The highest BCUT2D eigenvalue weighted by Crippen LogP contribution is 2.36. The summed E-state index contributed by atoms with van der Waals surface area (Å²) in [4.78, 5) is 2.36. The third kappa shape index (κ3) is 2.81. The van der Waals surface area contributed by atoms with Crippen LogP contribution in [0.4, 0.5) is 0 Å². The Morgan fingerprint density at radius 3 is 2.68 bits per heavy atom. The Kier molecular flexibility index (Phi) is 3.83. The number of rotatable bonds is 3. The fraction of sp³-hybridized carbons (Fsp3) is 0.250. The van der Waals surface area contributed by atoms with Gasteiger partial charge in [0.05, 0.1) is 5.02 Å². The molecule has 98 valence electrons. The number of benzene rings is 2. The zero-order valence-corrected chi connectivity index (χ0v) is 12.2. The van der Waals surface area contributed by atoms with Gasteiger partial charge in [-0.3, -0.25) is 0 Å². The quantitative estimate of drug-likeness (QED) is 0.904. The van der Waals surface area contributed by atoms with Crippen LogP contribution in [0.25, 0.3) is 0 Å². The minimum absolute atomic E-state index is 0.531. The standard InChI is InChI=1S/C16H16ClNS/c17-15-8-11(10-18)4-7-16(15)19-14-6-5-12-2-1-3-13(12)9-14/h4-9H,1-3,10,18H2. The van der Waals surface area contributed by atoms with Crippen LogP contribution in [0, 0.1) is 0 Å². The van der Waals surface area contributed by atoms with Crippen LogP contribution in [0.5, 0.6) is 0 Å². The highest BCUT2D eigenvalue weighted by atomic mass is 35.5. The van der Waals surface area contributed by atoms with Gasteiger partial charge in [0.1, 0.15) is 0 Å². The Balaban J connectivity index is 1.85. The molecule has 0 saturated heterocycles. The average Bonchev–Trinajstić information content (AvgIpc) is 2.88. The maximum absolute atomic E-state index is 6.30. The molecule has 0 amide bonds. The smallest absolute Gasteiger partial charge is 0.0548 e. The molecule has 2 aromatic carbocycles. The zero-order valence-electron chi connectivity index (χ0n) is 10.7. The van der Waals surface area contributed by atoms with Crippen LogP contribution >= 0.6 is 23.4 Å². The second-order valence-electron chi connectivity index (χ2n) is 4.86. The van der Waals surface area contributed by atoms with Crippen molar-refractivity contribution >= 4 is 23.4 Å². The minimum atomic E-state index is 0.531. The first kappa shape index (κ1) is 13.0. The van der Waals surface area contributed by atoms with Gasteiger partial charge in [0.15, 0.2) is 0 Å². The summed E-state index contributed by atoms with van der Waals surface area (Å²) in [5.41, 5.74) is 9.70. The molecular weight excluding hydrogens is 274 g/mol. The van der Waals surface area contributed by atoms with Gasteiger partial charge in [-0.1, -0.05) is 35.5 Å². The van der Waals surface area contributed by atoms with E-state index in [0.717, 1.165) is 15.5 Å². The third-order valence-corrected chi connectivity index (χ3v) is 5.02. The van der Waals surface area contributed by atoms with Crippen molar-refractivity contribution in [1.82, 2.24) is 0 Å². The monoisotopic (exact) mass is 289 g/mol. The lowest BCUT2D eigenvalue weighted by Gasteiger charge is -2.07. The highest BCUT2D eigenvalue weighted by Gasteiger charge is 2.12. The maximum Gasteiger partial charge on any atom is 0.0548 e. The van der Waals surface area contributed by atoms with Gasteiger partial charge in [-0.2, -0.15) is 0 Å². The summed E-state index contributed by atoms with van der Waals surface area (Å²) in [7, 11) is 0. The van der Waals surface area contributed by atoms with Crippen molar-refractivity contribution in [2.75, 3.05) is 0 Å². The Morgan fingerprint density at radius 1 is 1.05 bits per heavy atom. The van der Waals surface area contributed by atoms with E-state index in [1.54, 1.807) is 11.8 Å². The van der Waals surface area contributed by atoms with E-state index >= 15 is 0 Å². The number of nitrogens with two attached hydrogens (primary N) is 1. The van der Waals surface area contributed by atoms with Crippen LogP contribution in [0.2, 0.25) is 5.02 Å². The predicted octanol–water partition coefficient (Wildman–Crippen LogP) is 4.44. The summed E-state index contributed by atoms with van der Waals surface area (Å²) in [5, 5.41) is 0.786. The molecule has 2 N–H and O–H groups in total. The normalized spacial score (nSPS) is 13.6. The number of hydrogen-bond donors (Lipinski definition) is 1. The molecule has 19 heavy (non-hydrogen) atoms. The SMILES string of the molecule is NCc1ccc(Sc2ccc3c(c2)CCC3)c(Cl)c1. The Hall–Kier alpha value is -0.960. The van der Waals surface area contributed by atoms with Crippen molar-refractivity contribution in [2.45, 2.75) is 35.6 Å². The molecule has 0 fully saturated rings. The fourth-order valence-electron chi connectivity index (χ4n) is 2.49. The van der Waals surface area contributed by atoms with Crippen LogP contribution in [-0.4, -0.2) is 0 Å². The van der Waals surface area contributed by atoms with Gasteiger partial charge in [0.2, 0.25) is 0 Å². The second kappa shape index (κ2) is 5.58. The molecule has 0 unspecified atom stereocenters. The Bertz CT molecular complexity index is 610. The number of fused-ring (bicyclic) bond motifs is 1. The number of hydrogen-bond acceptors (Lipinski definition) is 2. The topological polar surface area (TPSA) is 26.0 Å². The number of aryl methyl sites for hydroxylation is 2. The van der Waals surface area contributed by atoms with Gasteiger partial charge in [0, 0.05) is 16.3 Å². The van der Waals surface area contributed by atoms with Crippen molar-refractivity contribution < 1.29 is 0 Å². The molecule has 0 aromatic heterocycles. The van der Waals surface area contributed by atoms with Gasteiger partial charge in [-0.25, -0.2) is 0 Å². The van der Waals surface area contributed by atoms with Gasteiger partial charge >= 0.3 is 0 Å². The van der Waals surface area contributed by atoms with Crippen molar-refractivity contribution in [3.8, 4) is 0 Å². The van der Waals surface area contributed by atoms with E-state index in [1.807, 2.05) is 12.1 Å². The molecule has 1 nitrogen and oxygen atoms in total. The minimum Gasteiger partial charge on any atom is -0.326 e. The molecule has 3 heteroatoms. The molecule has 0 radical (unpaired) electrons. The molecule has 2 aromatic rings. The Labute approximate surface area is 123 Å². The molecule has 0 aliphatic heterocycles. The maximum atomic E-state index is 6.30. The lowest BCUT2D eigenvalue weighted by Crippen LogP contribution is -1.95. The van der Waals surface area contributed by atoms with Crippen LogP contribution < -0.4 is 5.73 Å². The van der Waals surface area contributed by atoms with Crippen molar-refractivity contribution in [3.05, 3.63) is 58.1 Å². The first-order chi connectivity index (χ1) is 9.26. The molecule has 0 bridgehead atoms. The largest absolute Gasteiger partial charge is 0.326 e. The van der Waals surface area contributed by atoms with Gasteiger partial charge in [0.25, 0.3) is 0 Å². The third-order valence-electron chi connectivity index (χ3n) is 3.53. The van der Waals surface area contributed by atoms with Crippen molar-refractivity contribution in [3.63, 3.8) is 0 Å². The average molecular weight is 290 g/mol. The molecular formula is C16H16ClNS. The summed E-state index contributed by atoms with van der Waals surface area (Å²) in [6, 6.07) is 12.8. The summed E-state index contributed by atoms with van der Waals surface area (Å²) in [5.74, 6) is 0. The molecule has 1 aliphatic carbocycles. The van der Waals surface area contributed by atoms with E-state index in [0.29, 0.717) is 6.54 Å². The summed E-state index contributed by atoms with van der Waals surface area (Å²) in [6.45, 7) is 0.531. The number of halogens is 1. The Morgan fingerprint density at radius 2 is 1.89 bits per heavy atom. The molecule has 0 atom stereocenters. The summed E-state index contributed by atoms with van der Waals surface area (Å²) >= 11 is 8.03. The van der Waals surface area contributed by atoms with E-state index in [4.69, 9.17) is 17.3 Å². The summed E-state index contributed by atoms with van der Waals surface area (Å²) in [6.07, 6.45) is 3.73. The van der Waals surface area contributed by atoms with E-state index in [9.17, 15) is 0 Å². The first-order valence-corrected chi connectivity index (χ1v) is 7.74. The predicted molar refractivity (Wildman–Crippen MR) is 81.9 cm³/mol. The van der Waals surface area contributed by atoms with E-state index in [-0.39, 0.29) is 0 Å². The van der Waals surface area contributed by atoms with E-state index < -0.39 is 0 Å². The van der Waals surface area contributed by atoms with Crippen LogP contribution in [0.15, 0.2) is 46.2 Å². The van der Waals surface area contributed by atoms with Crippen molar-refractivity contribution in [1.29, 1.82) is 0 Å². The summed E-state index contributed by atoms with van der Waals surface area (Å²) < 4.78 is 0. The molecule has 0 saturated carbocycles. The van der Waals surface area contributed by atoms with Gasteiger partial charge < -0.3 is 5.73 Å². The highest BCUT2D eigenvalue weighted by molar-refractivity contribution is 7.99. The fourth-order valence-corrected chi connectivity index (χ4v) is 3.70. The molecule has 3 rings (SSSR count). The van der Waals surface area contributed by atoms with E-state index in [2.05, 4.69) is 24.3 Å². The molecule has 1 aliphatic rings. The lowest BCUT2D eigenvalue weighted by atomic mass is 10.1. The van der Waals surface area contributed by atoms with Crippen LogP contribution in [-0.2, 0) is 19.4 Å². The van der Waals surface area contributed by atoms with E-state index in [1.165, 1.54) is 35.3 Å². The first-order valence-electron chi connectivity index (χ1n) is 6.54. The van der Waals surface area contributed by atoms with Crippen molar-refractivity contribution in [2.24, 2.45) is 5.73 Å². The van der Waals surface area contributed by atoms with Crippen LogP contribution in [0.1, 0.15) is 23.1 Å². The molecule has 0 heterocycles. The lowest BCUT2D eigenvalue weighted by molar-refractivity contribution is 0.911.